The lowest BCUT2D eigenvalue weighted by molar-refractivity contribution is 0.0152. The van der Waals surface area contributed by atoms with E-state index in [1.54, 1.807) is 12.1 Å². The molecular weight excluding hydrogens is 430 g/mol. The molecule has 32 heavy (non-hydrogen) atoms. The van der Waals surface area contributed by atoms with Crippen LogP contribution in [0.2, 0.25) is 5.02 Å². The summed E-state index contributed by atoms with van der Waals surface area (Å²) >= 11 is 6.20. The van der Waals surface area contributed by atoms with Crippen LogP contribution in [0.15, 0.2) is 60.9 Å². The van der Waals surface area contributed by atoms with Gasteiger partial charge in [0.2, 0.25) is 0 Å². The highest BCUT2D eigenvalue weighted by Gasteiger charge is 2.30. The second-order valence-electron chi connectivity index (χ2n) is 7.81. The number of nitrogens with zero attached hydrogens (tertiary/aromatic N) is 5. The van der Waals surface area contributed by atoms with Gasteiger partial charge in [-0.1, -0.05) is 54.1 Å². The van der Waals surface area contributed by atoms with E-state index in [2.05, 4.69) is 27.7 Å². The number of ether oxygens (including phenoxy) is 2. The molecule has 9 heteroatoms. The van der Waals surface area contributed by atoms with Crippen molar-refractivity contribution in [2.75, 3.05) is 13.2 Å². The normalized spacial score (nSPS) is 17.0. The second kappa shape index (κ2) is 10.9. The number of benzene rings is 2. The zero-order chi connectivity index (χ0) is 22.2. The molecule has 2 unspecified atom stereocenters. The minimum absolute atomic E-state index is 0.108. The fourth-order valence-corrected chi connectivity index (χ4v) is 4.08. The third kappa shape index (κ3) is 5.97. The van der Waals surface area contributed by atoms with Crippen LogP contribution >= 0.6 is 11.6 Å². The van der Waals surface area contributed by atoms with Crippen molar-refractivity contribution < 1.29 is 14.3 Å². The highest BCUT2D eigenvalue weighted by atomic mass is 35.5. The molecule has 0 saturated carbocycles. The van der Waals surface area contributed by atoms with Crippen molar-refractivity contribution in [3.8, 4) is 5.75 Å². The quantitative estimate of drug-likeness (QED) is 0.510. The van der Waals surface area contributed by atoms with Crippen molar-refractivity contribution in [1.29, 1.82) is 0 Å². The molecule has 0 bridgehead atoms. The molecule has 1 aliphatic rings. The molecule has 1 saturated heterocycles. The van der Waals surface area contributed by atoms with E-state index in [1.165, 1.54) is 16.6 Å². The average molecular weight is 456 g/mol. The van der Waals surface area contributed by atoms with Crippen molar-refractivity contribution in [2.45, 2.75) is 44.4 Å². The maximum absolute atomic E-state index is 13.2. The maximum Gasteiger partial charge on any atom is 0.410 e. The lowest BCUT2D eigenvalue weighted by atomic mass is 9.96. The Morgan fingerprint density at radius 2 is 1.94 bits per heavy atom. The van der Waals surface area contributed by atoms with Gasteiger partial charge in [-0.25, -0.2) is 9.48 Å². The van der Waals surface area contributed by atoms with Gasteiger partial charge in [-0.2, -0.15) is 0 Å². The molecule has 8 nitrogen and oxygen atoms in total. The molecule has 0 aliphatic carbocycles. The fraction of sp³-hybridized carbons (Fsp3) is 0.391. The lowest BCUT2D eigenvalue weighted by Crippen LogP contribution is -2.47. The average Bonchev–Trinajstić information content (AvgIpc) is 3.32. The Hall–Kier alpha value is -3.13. The van der Waals surface area contributed by atoms with E-state index >= 15 is 0 Å². The zero-order valence-electron chi connectivity index (χ0n) is 17.7. The van der Waals surface area contributed by atoms with Gasteiger partial charge in [0.15, 0.2) is 6.10 Å². The number of aromatic nitrogens is 4. The van der Waals surface area contributed by atoms with Crippen LogP contribution in [-0.2, 0) is 17.7 Å². The number of carbonyl (C=O) groups excluding carboxylic acids is 1. The van der Waals surface area contributed by atoms with E-state index < -0.39 is 6.10 Å². The SMILES string of the molecule is O=C(OC(COc1ccccc1Cl)Cn1cnnn1)N1CCCCC1Cc1ccccc1. The van der Waals surface area contributed by atoms with Crippen molar-refractivity contribution >= 4 is 17.7 Å². The Balaban J connectivity index is 1.43. The van der Waals surface area contributed by atoms with Crippen LogP contribution in [0.5, 0.6) is 5.75 Å². The largest absolute Gasteiger partial charge is 0.488 e. The number of likely N-dealkylation sites (tertiary alicyclic amines) is 1. The molecule has 1 fully saturated rings. The minimum atomic E-state index is -0.582. The monoisotopic (exact) mass is 455 g/mol. The number of carbonyl (C=O) groups is 1. The third-order valence-electron chi connectivity index (χ3n) is 5.49. The number of halogens is 1. The molecule has 2 heterocycles. The first-order valence-corrected chi connectivity index (χ1v) is 11.2. The van der Waals surface area contributed by atoms with Crippen LogP contribution in [0.4, 0.5) is 4.79 Å². The van der Waals surface area contributed by atoms with E-state index in [-0.39, 0.29) is 25.3 Å². The molecule has 4 rings (SSSR count). The lowest BCUT2D eigenvalue weighted by Gasteiger charge is -2.36. The summed E-state index contributed by atoms with van der Waals surface area (Å²) in [6.07, 6.45) is 4.39. The third-order valence-corrected chi connectivity index (χ3v) is 5.80. The van der Waals surface area contributed by atoms with Gasteiger partial charge in [-0.05, 0) is 53.8 Å². The van der Waals surface area contributed by atoms with Crippen LogP contribution in [0.1, 0.15) is 24.8 Å². The van der Waals surface area contributed by atoms with Crippen LogP contribution < -0.4 is 4.74 Å². The number of para-hydroxylation sites is 1. The van der Waals surface area contributed by atoms with Crippen molar-refractivity contribution in [1.82, 2.24) is 25.1 Å². The number of tetrazole rings is 1. The van der Waals surface area contributed by atoms with Crippen molar-refractivity contribution in [3.05, 3.63) is 71.5 Å². The Labute approximate surface area is 192 Å². The summed E-state index contributed by atoms with van der Waals surface area (Å²) in [6.45, 7) is 1.09. The van der Waals surface area contributed by atoms with Gasteiger partial charge in [-0.15, -0.1) is 5.10 Å². The zero-order valence-corrected chi connectivity index (χ0v) is 18.5. The molecule has 3 aromatic rings. The van der Waals surface area contributed by atoms with Gasteiger partial charge in [-0.3, -0.25) is 0 Å². The van der Waals surface area contributed by atoms with Crippen LogP contribution in [-0.4, -0.2) is 56.5 Å². The van der Waals surface area contributed by atoms with E-state index in [0.717, 1.165) is 25.7 Å². The summed E-state index contributed by atoms with van der Waals surface area (Å²) < 4.78 is 13.3. The summed E-state index contributed by atoms with van der Waals surface area (Å²) in [5, 5.41) is 11.7. The second-order valence-corrected chi connectivity index (χ2v) is 8.22. The molecule has 2 aromatic carbocycles. The van der Waals surface area contributed by atoms with E-state index in [9.17, 15) is 4.79 Å². The molecule has 168 valence electrons. The van der Waals surface area contributed by atoms with E-state index in [0.29, 0.717) is 17.3 Å². The molecule has 0 spiro atoms. The minimum Gasteiger partial charge on any atom is -0.488 e. The number of piperidine rings is 1. The number of hydrogen-bond acceptors (Lipinski definition) is 6. The van der Waals surface area contributed by atoms with Crippen LogP contribution in [0.3, 0.4) is 0 Å². The molecule has 0 radical (unpaired) electrons. The molecule has 2 atom stereocenters. The topological polar surface area (TPSA) is 82.4 Å². The predicted octanol–water partition coefficient (Wildman–Crippen LogP) is 4.01. The molecule has 1 aromatic heterocycles. The van der Waals surface area contributed by atoms with Crippen molar-refractivity contribution in [3.63, 3.8) is 0 Å². The summed E-state index contributed by atoms with van der Waals surface area (Å²) in [5.74, 6) is 0.534. The van der Waals surface area contributed by atoms with Crippen LogP contribution in [0.25, 0.3) is 0 Å². The molecule has 1 amide bonds. The van der Waals surface area contributed by atoms with Gasteiger partial charge in [0.1, 0.15) is 18.7 Å². The summed E-state index contributed by atoms with van der Waals surface area (Å²) in [7, 11) is 0. The first-order valence-electron chi connectivity index (χ1n) is 10.8. The Kier molecular flexibility index (Phi) is 7.55. The van der Waals surface area contributed by atoms with Gasteiger partial charge in [0.05, 0.1) is 11.6 Å². The smallest absolute Gasteiger partial charge is 0.410 e. The van der Waals surface area contributed by atoms with Gasteiger partial charge in [0.25, 0.3) is 0 Å². The summed E-state index contributed by atoms with van der Waals surface area (Å²) in [4.78, 5) is 15.0. The highest BCUT2D eigenvalue weighted by molar-refractivity contribution is 6.32. The number of hydrogen-bond donors (Lipinski definition) is 0. The first kappa shape index (κ1) is 22.1. The summed E-state index contributed by atoms with van der Waals surface area (Å²) in [5.41, 5.74) is 1.21. The summed E-state index contributed by atoms with van der Waals surface area (Å²) in [6, 6.07) is 17.5. The van der Waals surface area contributed by atoms with Gasteiger partial charge in [0, 0.05) is 12.6 Å². The fourth-order valence-electron chi connectivity index (χ4n) is 3.89. The highest BCUT2D eigenvalue weighted by Crippen LogP contribution is 2.25. The van der Waals surface area contributed by atoms with Gasteiger partial charge >= 0.3 is 6.09 Å². The van der Waals surface area contributed by atoms with E-state index in [4.69, 9.17) is 21.1 Å². The van der Waals surface area contributed by atoms with Crippen molar-refractivity contribution in [2.24, 2.45) is 0 Å². The van der Waals surface area contributed by atoms with Crippen LogP contribution in [0, 0.1) is 0 Å². The standard InChI is InChI=1S/C23H26ClN5O3/c24-21-11-4-5-12-22(21)31-16-20(15-28-17-25-26-27-28)32-23(30)29-13-7-6-10-19(29)14-18-8-2-1-3-9-18/h1-5,8-9,11-12,17,19-20H,6-7,10,13-16H2. The molecular formula is C23H26ClN5O3. The van der Waals surface area contributed by atoms with E-state index in [1.807, 2.05) is 35.2 Å². The Morgan fingerprint density at radius 1 is 1.12 bits per heavy atom. The first-order chi connectivity index (χ1) is 15.7. The number of amides is 1. The van der Waals surface area contributed by atoms with Gasteiger partial charge < -0.3 is 14.4 Å². The molecule has 0 N–H and O–H groups in total. The Morgan fingerprint density at radius 3 is 2.72 bits per heavy atom. The molecule has 1 aliphatic heterocycles. The maximum atomic E-state index is 13.2. The number of rotatable bonds is 8. The Bertz CT molecular complexity index is 986. The predicted molar refractivity (Wildman–Crippen MR) is 120 cm³/mol.